The van der Waals surface area contributed by atoms with Gasteiger partial charge in [0.1, 0.15) is 18.4 Å². The van der Waals surface area contributed by atoms with Crippen LogP contribution in [0.3, 0.4) is 0 Å². The van der Waals surface area contributed by atoms with Crippen molar-refractivity contribution in [2.75, 3.05) is 23.8 Å². The van der Waals surface area contributed by atoms with Gasteiger partial charge in [-0.15, -0.1) is 0 Å². The average Bonchev–Trinajstić information content (AvgIpc) is 2.51. The molecule has 0 aliphatic rings. The molecule has 2 N–H and O–H groups in total. The van der Waals surface area contributed by atoms with E-state index in [2.05, 4.69) is 10.6 Å². The van der Waals surface area contributed by atoms with Gasteiger partial charge in [-0.25, -0.2) is 0 Å². The Hall–Kier alpha value is -2.71. The van der Waals surface area contributed by atoms with Gasteiger partial charge in [0.25, 0.3) is 0 Å². The van der Waals surface area contributed by atoms with Crippen molar-refractivity contribution in [1.29, 1.82) is 5.26 Å². The molecule has 0 atom stereocenters. The second-order valence-corrected chi connectivity index (χ2v) is 5.20. The SMILES string of the molecule is CC(=O)Nc1cccc(OCCNc2ccc(C#N)c(Cl)c2)c1. The van der Waals surface area contributed by atoms with Crippen LogP contribution in [-0.4, -0.2) is 19.1 Å². The van der Waals surface area contributed by atoms with Crippen molar-refractivity contribution in [3.8, 4) is 11.8 Å². The molecule has 0 radical (unpaired) electrons. The summed E-state index contributed by atoms with van der Waals surface area (Å²) in [6, 6.07) is 14.4. The molecule has 2 aromatic carbocycles. The van der Waals surface area contributed by atoms with Crippen LogP contribution >= 0.6 is 11.6 Å². The smallest absolute Gasteiger partial charge is 0.221 e. The molecule has 23 heavy (non-hydrogen) atoms. The van der Waals surface area contributed by atoms with E-state index in [1.54, 1.807) is 30.3 Å². The fraction of sp³-hybridized carbons (Fsp3) is 0.176. The van der Waals surface area contributed by atoms with Gasteiger partial charge in [-0.1, -0.05) is 17.7 Å². The first-order valence-corrected chi connectivity index (χ1v) is 7.40. The highest BCUT2D eigenvalue weighted by atomic mass is 35.5. The van der Waals surface area contributed by atoms with Gasteiger partial charge in [0, 0.05) is 30.9 Å². The minimum atomic E-state index is -0.124. The maximum atomic E-state index is 11.0. The number of hydrogen-bond acceptors (Lipinski definition) is 4. The zero-order chi connectivity index (χ0) is 16.7. The Bertz CT molecular complexity index is 741. The number of halogens is 1. The number of nitriles is 1. The van der Waals surface area contributed by atoms with Crippen LogP contribution in [0.4, 0.5) is 11.4 Å². The van der Waals surface area contributed by atoms with Gasteiger partial charge in [0.05, 0.1) is 10.6 Å². The molecule has 0 saturated carbocycles. The summed E-state index contributed by atoms with van der Waals surface area (Å²) in [7, 11) is 0. The quantitative estimate of drug-likeness (QED) is 0.793. The largest absolute Gasteiger partial charge is 0.492 e. The Balaban J connectivity index is 1.82. The van der Waals surface area contributed by atoms with Crippen LogP contribution in [0, 0.1) is 11.3 Å². The van der Waals surface area contributed by atoms with E-state index < -0.39 is 0 Å². The summed E-state index contributed by atoms with van der Waals surface area (Å²) < 4.78 is 5.63. The first kappa shape index (κ1) is 16.7. The van der Waals surface area contributed by atoms with Gasteiger partial charge < -0.3 is 15.4 Å². The molecule has 2 aromatic rings. The molecule has 0 bridgehead atoms. The molecule has 0 aliphatic heterocycles. The Morgan fingerprint density at radius 2 is 2.09 bits per heavy atom. The Labute approximate surface area is 139 Å². The van der Waals surface area contributed by atoms with Gasteiger partial charge in [-0.2, -0.15) is 5.26 Å². The van der Waals surface area contributed by atoms with E-state index in [4.69, 9.17) is 21.6 Å². The number of carbonyl (C=O) groups excluding carboxylic acids is 1. The fourth-order valence-electron chi connectivity index (χ4n) is 1.95. The third-order valence-corrected chi connectivity index (χ3v) is 3.26. The molecule has 0 spiro atoms. The number of ether oxygens (including phenoxy) is 1. The molecular weight excluding hydrogens is 314 g/mol. The third-order valence-electron chi connectivity index (χ3n) is 2.94. The Morgan fingerprint density at radius 3 is 2.78 bits per heavy atom. The maximum absolute atomic E-state index is 11.0. The first-order chi connectivity index (χ1) is 11.1. The fourth-order valence-corrected chi connectivity index (χ4v) is 2.17. The monoisotopic (exact) mass is 329 g/mol. The average molecular weight is 330 g/mol. The van der Waals surface area contributed by atoms with Crippen molar-refractivity contribution >= 4 is 28.9 Å². The minimum absolute atomic E-state index is 0.124. The highest BCUT2D eigenvalue weighted by Gasteiger charge is 2.01. The maximum Gasteiger partial charge on any atom is 0.221 e. The van der Waals surface area contributed by atoms with Crippen molar-refractivity contribution in [3.63, 3.8) is 0 Å². The molecule has 5 nitrogen and oxygen atoms in total. The topological polar surface area (TPSA) is 74.2 Å². The summed E-state index contributed by atoms with van der Waals surface area (Å²) in [5.41, 5.74) is 1.97. The van der Waals surface area contributed by atoms with E-state index in [-0.39, 0.29) is 5.91 Å². The summed E-state index contributed by atoms with van der Waals surface area (Å²) in [4.78, 5) is 11.0. The highest BCUT2D eigenvalue weighted by Crippen LogP contribution is 2.20. The van der Waals surface area contributed by atoms with Crippen LogP contribution in [0.25, 0.3) is 0 Å². The zero-order valence-corrected chi connectivity index (χ0v) is 13.4. The first-order valence-electron chi connectivity index (χ1n) is 7.02. The molecule has 6 heteroatoms. The van der Waals surface area contributed by atoms with Crippen molar-refractivity contribution < 1.29 is 9.53 Å². The molecule has 118 valence electrons. The number of rotatable bonds is 6. The molecule has 0 unspecified atom stereocenters. The molecule has 2 rings (SSSR count). The number of nitrogens with zero attached hydrogens (tertiary/aromatic N) is 1. The Kier molecular flexibility index (Phi) is 5.84. The van der Waals surface area contributed by atoms with Crippen LogP contribution in [0.2, 0.25) is 5.02 Å². The predicted molar refractivity (Wildman–Crippen MR) is 90.9 cm³/mol. The molecule has 0 aliphatic carbocycles. The number of anilines is 2. The summed E-state index contributed by atoms with van der Waals surface area (Å²) in [6.45, 7) is 2.48. The predicted octanol–water partition coefficient (Wildman–Crippen LogP) is 3.66. The normalized spacial score (nSPS) is 9.78. The van der Waals surface area contributed by atoms with Gasteiger partial charge in [-0.05, 0) is 30.3 Å². The summed E-state index contributed by atoms with van der Waals surface area (Å²) in [5, 5.41) is 15.1. The number of benzene rings is 2. The molecule has 1 amide bonds. The van der Waals surface area contributed by atoms with E-state index in [9.17, 15) is 4.79 Å². The third kappa shape index (κ3) is 5.20. The van der Waals surface area contributed by atoms with Crippen LogP contribution in [-0.2, 0) is 4.79 Å². The van der Waals surface area contributed by atoms with E-state index in [1.807, 2.05) is 18.2 Å². The minimum Gasteiger partial charge on any atom is -0.492 e. The van der Waals surface area contributed by atoms with Gasteiger partial charge in [-0.3, -0.25) is 4.79 Å². The zero-order valence-electron chi connectivity index (χ0n) is 12.6. The molecular formula is C17H16ClN3O2. The molecule has 0 fully saturated rings. The lowest BCUT2D eigenvalue weighted by Gasteiger charge is -2.10. The van der Waals surface area contributed by atoms with Crippen molar-refractivity contribution in [2.24, 2.45) is 0 Å². The second-order valence-electron chi connectivity index (χ2n) is 4.79. The van der Waals surface area contributed by atoms with Crippen LogP contribution < -0.4 is 15.4 Å². The van der Waals surface area contributed by atoms with Crippen LogP contribution in [0.15, 0.2) is 42.5 Å². The van der Waals surface area contributed by atoms with Crippen molar-refractivity contribution in [3.05, 3.63) is 53.1 Å². The summed E-state index contributed by atoms with van der Waals surface area (Å²) >= 11 is 5.97. The molecule has 0 saturated heterocycles. The number of hydrogen-bond donors (Lipinski definition) is 2. The van der Waals surface area contributed by atoms with Crippen molar-refractivity contribution in [2.45, 2.75) is 6.92 Å². The van der Waals surface area contributed by atoms with E-state index in [0.717, 1.165) is 5.69 Å². The van der Waals surface area contributed by atoms with Gasteiger partial charge in [0.15, 0.2) is 0 Å². The number of amides is 1. The summed E-state index contributed by atoms with van der Waals surface area (Å²) in [6.07, 6.45) is 0. The number of carbonyl (C=O) groups is 1. The van der Waals surface area contributed by atoms with E-state index >= 15 is 0 Å². The van der Waals surface area contributed by atoms with Crippen LogP contribution in [0.5, 0.6) is 5.75 Å². The van der Waals surface area contributed by atoms with E-state index in [0.29, 0.717) is 35.2 Å². The lowest BCUT2D eigenvalue weighted by molar-refractivity contribution is -0.114. The lowest BCUT2D eigenvalue weighted by atomic mass is 10.2. The van der Waals surface area contributed by atoms with Crippen molar-refractivity contribution in [1.82, 2.24) is 0 Å². The lowest BCUT2D eigenvalue weighted by Crippen LogP contribution is -2.12. The summed E-state index contributed by atoms with van der Waals surface area (Å²) in [5.74, 6) is 0.553. The van der Waals surface area contributed by atoms with E-state index in [1.165, 1.54) is 6.92 Å². The van der Waals surface area contributed by atoms with Gasteiger partial charge in [0.2, 0.25) is 5.91 Å². The molecule has 0 aromatic heterocycles. The van der Waals surface area contributed by atoms with Crippen LogP contribution in [0.1, 0.15) is 12.5 Å². The number of nitrogens with one attached hydrogen (secondary N) is 2. The highest BCUT2D eigenvalue weighted by molar-refractivity contribution is 6.32. The standard InChI is InChI=1S/C17H16ClN3O2/c1-12(22)21-15-3-2-4-16(9-15)23-8-7-20-14-6-5-13(11-19)17(18)10-14/h2-6,9-10,20H,7-8H2,1H3,(H,21,22). The molecule has 0 heterocycles. The van der Waals surface area contributed by atoms with Gasteiger partial charge >= 0.3 is 0 Å². The Morgan fingerprint density at radius 1 is 1.26 bits per heavy atom. The second kappa shape index (κ2) is 8.06.